The molecule has 3 amide bonds. The van der Waals surface area contributed by atoms with Crippen LogP contribution in [-0.2, 0) is 23.9 Å². The van der Waals surface area contributed by atoms with E-state index in [0.29, 0.717) is 12.2 Å². The Labute approximate surface area is 207 Å². The van der Waals surface area contributed by atoms with Crippen molar-refractivity contribution in [3.8, 4) is 0 Å². The van der Waals surface area contributed by atoms with E-state index in [1.165, 1.54) is 0 Å². The Bertz CT molecular complexity index is 767. The van der Waals surface area contributed by atoms with Crippen molar-refractivity contribution in [2.24, 2.45) is 11.8 Å². The van der Waals surface area contributed by atoms with Gasteiger partial charge in [-0.25, -0.2) is 4.79 Å². The Morgan fingerprint density at radius 2 is 1.64 bits per heavy atom. The van der Waals surface area contributed by atoms with Crippen LogP contribution in [0.25, 0.3) is 0 Å². The average molecular weight is 500 g/mol. The Morgan fingerprint density at radius 3 is 2.15 bits per heavy atom. The van der Waals surface area contributed by atoms with Gasteiger partial charge < -0.3 is 20.7 Å². The highest BCUT2D eigenvalue weighted by Gasteiger charge is 2.33. The number of carbonyl (C=O) groups excluding carboxylic acids is 4. The van der Waals surface area contributed by atoms with Gasteiger partial charge >= 0.3 is 5.97 Å². The lowest BCUT2D eigenvalue weighted by Crippen LogP contribution is -2.55. The van der Waals surface area contributed by atoms with Gasteiger partial charge in [-0.1, -0.05) is 39.8 Å². The number of ether oxygens (including phenoxy) is 1. The molecule has 0 spiro atoms. The van der Waals surface area contributed by atoms with Crippen molar-refractivity contribution < 1.29 is 23.9 Å². The number of rotatable bonds is 6. The van der Waals surface area contributed by atoms with Gasteiger partial charge in [-0.2, -0.15) is 25.3 Å². The van der Waals surface area contributed by atoms with E-state index < -0.39 is 47.9 Å². The summed E-state index contributed by atoms with van der Waals surface area (Å²) in [5.41, 5.74) is 0.271. The molecule has 33 heavy (non-hydrogen) atoms. The maximum absolute atomic E-state index is 13.0. The molecule has 10 heteroatoms. The van der Waals surface area contributed by atoms with Crippen LogP contribution in [0.1, 0.15) is 47.5 Å². The normalized spacial score (nSPS) is 27.4. The van der Waals surface area contributed by atoms with Gasteiger partial charge in [0.05, 0.1) is 12.5 Å². The van der Waals surface area contributed by atoms with E-state index in [4.69, 9.17) is 4.74 Å². The van der Waals surface area contributed by atoms with Gasteiger partial charge in [-0.05, 0) is 37.0 Å². The van der Waals surface area contributed by atoms with Crippen molar-refractivity contribution in [2.45, 2.75) is 71.7 Å². The SMILES string of the molecule is C/C=C1/C(=O)N[C@H](C(C)C)C(=O)O[C@H](/C=C/CCS)CC(=O)N[C@@H](C(C)C)C(=O)N[C@H]1CS. The van der Waals surface area contributed by atoms with Gasteiger partial charge in [0.2, 0.25) is 17.7 Å². The van der Waals surface area contributed by atoms with Crippen LogP contribution in [0.5, 0.6) is 0 Å². The zero-order chi connectivity index (χ0) is 25.1. The van der Waals surface area contributed by atoms with E-state index >= 15 is 0 Å². The Morgan fingerprint density at radius 1 is 1.00 bits per heavy atom. The smallest absolute Gasteiger partial charge is 0.329 e. The van der Waals surface area contributed by atoms with Crippen LogP contribution >= 0.6 is 25.3 Å². The van der Waals surface area contributed by atoms with E-state index in [-0.39, 0.29) is 29.6 Å². The van der Waals surface area contributed by atoms with Crippen molar-refractivity contribution in [3.05, 3.63) is 23.8 Å². The summed E-state index contributed by atoms with van der Waals surface area (Å²) in [6.45, 7) is 8.86. The molecule has 8 nitrogen and oxygen atoms in total. The summed E-state index contributed by atoms with van der Waals surface area (Å²) in [6.07, 6.45) is 4.64. The van der Waals surface area contributed by atoms with E-state index in [9.17, 15) is 19.2 Å². The highest BCUT2D eigenvalue weighted by atomic mass is 32.1. The van der Waals surface area contributed by atoms with Crippen LogP contribution in [0.2, 0.25) is 0 Å². The third kappa shape index (κ3) is 9.08. The summed E-state index contributed by atoms with van der Waals surface area (Å²) < 4.78 is 5.62. The van der Waals surface area contributed by atoms with Gasteiger partial charge in [0.1, 0.15) is 18.2 Å². The minimum absolute atomic E-state index is 0.153. The summed E-state index contributed by atoms with van der Waals surface area (Å²) in [5, 5.41) is 8.29. The molecular weight excluding hydrogens is 462 g/mol. The number of thiol groups is 2. The molecule has 0 saturated carbocycles. The van der Waals surface area contributed by atoms with Gasteiger partial charge in [0.15, 0.2) is 0 Å². The largest absolute Gasteiger partial charge is 0.456 e. The molecule has 1 aliphatic rings. The number of nitrogens with one attached hydrogen (secondary N) is 3. The molecule has 0 aromatic heterocycles. The first kappa shape index (κ1) is 29.1. The second-order valence-corrected chi connectivity index (χ2v) is 9.40. The maximum atomic E-state index is 13.0. The number of hydrogen-bond donors (Lipinski definition) is 5. The van der Waals surface area contributed by atoms with Crippen molar-refractivity contribution in [3.63, 3.8) is 0 Å². The minimum Gasteiger partial charge on any atom is -0.456 e. The highest BCUT2D eigenvalue weighted by molar-refractivity contribution is 7.80. The minimum atomic E-state index is -0.932. The fourth-order valence-corrected chi connectivity index (χ4v) is 3.78. The van der Waals surface area contributed by atoms with E-state index in [1.807, 2.05) is 13.8 Å². The molecule has 1 rings (SSSR count). The molecule has 4 atom stereocenters. The molecule has 0 bridgehead atoms. The van der Waals surface area contributed by atoms with Crippen molar-refractivity contribution in [1.29, 1.82) is 0 Å². The third-order valence-corrected chi connectivity index (χ3v) is 5.84. The topological polar surface area (TPSA) is 114 Å². The van der Waals surface area contributed by atoms with Gasteiger partial charge in [-0.3, -0.25) is 14.4 Å². The molecule has 3 N–H and O–H groups in total. The molecular formula is C23H37N3O5S2. The van der Waals surface area contributed by atoms with E-state index in [2.05, 4.69) is 41.2 Å². The van der Waals surface area contributed by atoms with Crippen LogP contribution in [0.3, 0.4) is 0 Å². The van der Waals surface area contributed by atoms with Crippen molar-refractivity contribution >= 4 is 48.9 Å². The fourth-order valence-electron chi connectivity index (χ4n) is 3.34. The lowest BCUT2D eigenvalue weighted by Gasteiger charge is -2.29. The van der Waals surface area contributed by atoms with Gasteiger partial charge in [0, 0.05) is 11.3 Å². The monoisotopic (exact) mass is 499 g/mol. The molecule has 0 radical (unpaired) electrons. The fraction of sp³-hybridized carbons (Fsp3) is 0.652. The first-order valence-electron chi connectivity index (χ1n) is 11.2. The quantitative estimate of drug-likeness (QED) is 0.166. The first-order valence-corrected chi connectivity index (χ1v) is 12.5. The highest BCUT2D eigenvalue weighted by Crippen LogP contribution is 2.14. The molecule has 0 unspecified atom stereocenters. The molecule has 1 fully saturated rings. The molecule has 0 aromatic carbocycles. The van der Waals surface area contributed by atoms with E-state index in [1.54, 1.807) is 39.0 Å². The zero-order valence-corrected chi connectivity index (χ0v) is 21.7. The lowest BCUT2D eigenvalue weighted by atomic mass is 9.99. The molecule has 1 saturated heterocycles. The van der Waals surface area contributed by atoms with Crippen LogP contribution in [0, 0.1) is 11.8 Å². The number of carbonyl (C=O) groups is 4. The van der Waals surface area contributed by atoms with Gasteiger partial charge in [-0.15, -0.1) is 0 Å². The third-order valence-electron chi connectivity index (χ3n) is 5.22. The number of esters is 1. The number of amides is 3. The average Bonchev–Trinajstić information content (AvgIpc) is 2.74. The Hall–Kier alpha value is -1.94. The predicted octanol–water partition coefficient (Wildman–Crippen LogP) is 1.82. The number of cyclic esters (lactones) is 1. The van der Waals surface area contributed by atoms with Crippen LogP contribution in [-0.4, -0.2) is 59.4 Å². The van der Waals surface area contributed by atoms with Crippen molar-refractivity contribution in [1.82, 2.24) is 16.0 Å². The van der Waals surface area contributed by atoms with Gasteiger partial charge in [0.25, 0.3) is 0 Å². The second kappa shape index (κ2) is 14.3. The summed E-state index contributed by atoms with van der Waals surface area (Å²) in [4.78, 5) is 51.8. The zero-order valence-electron chi connectivity index (χ0n) is 20.0. The molecule has 186 valence electrons. The van der Waals surface area contributed by atoms with Crippen LogP contribution in [0.4, 0.5) is 0 Å². The molecule has 1 aliphatic heterocycles. The molecule has 1 heterocycles. The molecule has 0 aromatic rings. The summed E-state index contributed by atoms with van der Waals surface area (Å²) in [6, 6.07) is -2.46. The summed E-state index contributed by atoms with van der Waals surface area (Å²) in [5.74, 6) is -1.68. The lowest BCUT2D eigenvalue weighted by molar-refractivity contribution is -0.153. The van der Waals surface area contributed by atoms with E-state index in [0.717, 1.165) is 0 Å². The summed E-state index contributed by atoms with van der Waals surface area (Å²) >= 11 is 8.45. The standard InChI is InChI=1S/C23H37N3O5S2/c1-6-16-17(12-33)24-22(29)19(13(2)3)25-18(27)11-15(9-7-8-10-32)31-23(30)20(14(4)5)26-21(16)28/h6-7,9,13-15,17,19-20,32-33H,8,10-12H2,1-5H3,(H,24,29)(H,25,27)(H,26,28)/b9-7+,16-6+/t15-,17+,19+,20-/m1/s1. The Balaban J connectivity index is 3.40. The maximum Gasteiger partial charge on any atom is 0.329 e. The number of hydrogen-bond acceptors (Lipinski definition) is 7. The predicted molar refractivity (Wildman–Crippen MR) is 135 cm³/mol. The van der Waals surface area contributed by atoms with Crippen molar-refractivity contribution in [2.75, 3.05) is 11.5 Å². The Kier molecular flexibility index (Phi) is 12.7. The van der Waals surface area contributed by atoms with Crippen LogP contribution < -0.4 is 16.0 Å². The molecule has 0 aliphatic carbocycles. The summed E-state index contributed by atoms with van der Waals surface area (Å²) in [7, 11) is 0. The first-order chi connectivity index (χ1) is 15.5. The second-order valence-electron chi connectivity index (χ2n) is 8.59. The van der Waals surface area contributed by atoms with Crippen LogP contribution in [0.15, 0.2) is 23.8 Å². The number of allylic oxidation sites excluding steroid dienone is 2.